The Hall–Kier alpha value is -1.75. The van der Waals surface area contributed by atoms with Crippen LogP contribution in [-0.4, -0.2) is 39.5 Å². The molecule has 0 fully saturated rings. The van der Waals surface area contributed by atoms with Gasteiger partial charge in [0.05, 0.1) is 0 Å². The van der Waals surface area contributed by atoms with Crippen LogP contribution in [0.5, 0.6) is 5.75 Å². The molecule has 1 rings (SSSR count). The van der Waals surface area contributed by atoms with Gasteiger partial charge in [-0.25, -0.2) is 4.79 Å². The molecule has 0 unspecified atom stereocenters. The summed E-state index contributed by atoms with van der Waals surface area (Å²) in [5, 5.41) is 26.8. The third-order valence-electron chi connectivity index (χ3n) is 2.25. The largest absolute Gasteiger partial charge is 0.507 e. The van der Waals surface area contributed by atoms with Crippen LogP contribution in [0.15, 0.2) is 29.3 Å². The summed E-state index contributed by atoms with van der Waals surface area (Å²) in [6.45, 7) is 0. The molecule has 0 radical (unpaired) electrons. The fraction of sp³-hybridized carbons (Fsp3) is 0.250. The molecule has 6 nitrogen and oxygen atoms in total. The third-order valence-corrected chi connectivity index (χ3v) is 2.25. The summed E-state index contributed by atoms with van der Waals surface area (Å²) < 4.78 is 0. The molecule has 7 heteroatoms. The number of carboxylic acid groups (broad SMARTS) is 2. The molecule has 0 aliphatic rings. The molecule has 0 aliphatic heterocycles. The Bertz CT molecular complexity index is 475. The van der Waals surface area contributed by atoms with Gasteiger partial charge in [0.25, 0.3) is 0 Å². The predicted octanol–water partition coefficient (Wildman–Crippen LogP) is 1.13. The van der Waals surface area contributed by atoms with E-state index in [1.807, 2.05) is 0 Å². The SMILES string of the molecule is O=C(O)CC[C@@H](N=Cc1ccccc1O)C(=O)O.[Zn]. The van der Waals surface area contributed by atoms with Crippen molar-refractivity contribution in [3.8, 4) is 5.75 Å². The zero-order valence-corrected chi connectivity index (χ0v) is 13.2. The Morgan fingerprint density at radius 2 is 1.89 bits per heavy atom. The van der Waals surface area contributed by atoms with Gasteiger partial charge in [-0.3, -0.25) is 9.79 Å². The average Bonchev–Trinajstić information content (AvgIpc) is 2.30. The third kappa shape index (κ3) is 6.11. The van der Waals surface area contributed by atoms with Crippen molar-refractivity contribution in [2.45, 2.75) is 18.9 Å². The van der Waals surface area contributed by atoms with Crippen LogP contribution in [0.2, 0.25) is 0 Å². The van der Waals surface area contributed by atoms with Crippen LogP contribution < -0.4 is 0 Å². The second-order valence-corrected chi connectivity index (χ2v) is 3.62. The van der Waals surface area contributed by atoms with E-state index >= 15 is 0 Å². The fourth-order valence-electron chi connectivity index (χ4n) is 1.29. The molecule has 0 aliphatic carbocycles. The van der Waals surface area contributed by atoms with E-state index in [2.05, 4.69) is 4.99 Å². The second kappa shape index (κ2) is 8.37. The molecule has 0 aromatic heterocycles. The minimum atomic E-state index is -1.19. The first-order valence-electron chi connectivity index (χ1n) is 5.26. The van der Waals surface area contributed by atoms with Crippen LogP contribution in [0, 0.1) is 0 Å². The Balaban J connectivity index is 0.00000324. The van der Waals surface area contributed by atoms with E-state index in [0.717, 1.165) is 0 Å². The van der Waals surface area contributed by atoms with Crippen molar-refractivity contribution in [1.82, 2.24) is 0 Å². The predicted molar refractivity (Wildman–Crippen MR) is 64.0 cm³/mol. The van der Waals surface area contributed by atoms with Gasteiger partial charge in [-0.1, -0.05) is 12.1 Å². The van der Waals surface area contributed by atoms with E-state index < -0.39 is 18.0 Å². The number of para-hydroxylation sites is 1. The molecule has 0 saturated carbocycles. The van der Waals surface area contributed by atoms with Crippen LogP contribution in [0.25, 0.3) is 0 Å². The minimum absolute atomic E-state index is 0. The summed E-state index contributed by atoms with van der Waals surface area (Å²) in [7, 11) is 0. The Morgan fingerprint density at radius 1 is 1.26 bits per heavy atom. The van der Waals surface area contributed by atoms with Crippen molar-refractivity contribution in [3.63, 3.8) is 0 Å². The molecule has 1 aromatic carbocycles. The molecule has 1 atom stereocenters. The molecular weight excluding hydrogens is 304 g/mol. The number of benzene rings is 1. The first kappa shape index (κ1) is 17.3. The fourth-order valence-corrected chi connectivity index (χ4v) is 1.29. The number of carbonyl (C=O) groups is 2. The summed E-state index contributed by atoms with van der Waals surface area (Å²) >= 11 is 0. The van der Waals surface area contributed by atoms with Crippen molar-refractivity contribution in [2.75, 3.05) is 0 Å². The Kier molecular flexibility index (Phi) is 7.60. The monoisotopic (exact) mass is 315 g/mol. The van der Waals surface area contributed by atoms with E-state index in [1.165, 1.54) is 12.3 Å². The van der Waals surface area contributed by atoms with E-state index in [4.69, 9.17) is 10.2 Å². The Morgan fingerprint density at radius 3 is 2.42 bits per heavy atom. The van der Waals surface area contributed by atoms with Crippen molar-refractivity contribution in [2.24, 2.45) is 4.99 Å². The van der Waals surface area contributed by atoms with Crippen molar-refractivity contribution in [3.05, 3.63) is 29.8 Å². The number of nitrogens with zero attached hydrogens (tertiary/aromatic N) is 1. The number of rotatable bonds is 6. The maximum absolute atomic E-state index is 10.8. The van der Waals surface area contributed by atoms with Crippen molar-refractivity contribution < 1.29 is 44.4 Å². The maximum atomic E-state index is 10.8. The summed E-state index contributed by atoms with van der Waals surface area (Å²) in [6, 6.07) is 5.21. The molecule has 0 bridgehead atoms. The number of phenolic OH excluding ortho intramolecular Hbond substituents is 1. The van der Waals surface area contributed by atoms with Crippen LogP contribution in [0.3, 0.4) is 0 Å². The van der Waals surface area contributed by atoms with Crippen LogP contribution in [-0.2, 0) is 29.1 Å². The molecule has 3 N–H and O–H groups in total. The number of carboxylic acids is 2. The molecule has 0 heterocycles. The van der Waals surface area contributed by atoms with Crippen molar-refractivity contribution in [1.29, 1.82) is 0 Å². The number of hydrogen-bond donors (Lipinski definition) is 3. The summed E-state index contributed by atoms with van der Waals surface area (Å²) in [6.07, 6.45) is 0.875. The summed E-state index contributed by atoms with van der Waals surface area (Å²) in [5.74, 6) is -2.27. The smallest absolute Gasteiger partial charge is 0.328 e. The van der Waals surface area contributed by atoms with Gasteiger partial charge in [0.15, 0.2) is 0 Å². The molecule has 98 valence electrons. The van der Waals surface area contributed by atoms with Gasteiger partial charge in [-0.05, 0) is 18.6 Å². The summed E-state index contributed by atoms with van der Waals surface area (Å²) in [4.78, 5) is 25.0. The van der Waals surface area contributed by atoms with Gasteiger partial charge < -0.3 is 15.3 Å². The maximum Gasteiger partial charge on any atom is 0.328 e. The van der Waals surface area contributed by atoms with Gasteiger partial charge in [-0.15, -0.1) is 0 Å². The first-order valence-corrected chi connectivity index (χ1v) is 5.26. The number of hydrogen-bond acceptors (Lipinski definition) is 4. The number of aliphatic imine (C=N–C) groups is 1. The van der Waals surface area contributed by atoms with Gasteiger partial charge in [0.1, 0.15) is 11.8 Å². The number of phenols is 1. The average molecular weight is 317 g/mol. The van der Waals surface area contributed by atoms with Crippen LogP contribution in [0.1, 0.15) is 18.4 Å². The van der Waals surface area contributed by atoms with Gasteiger partial charge in [0, 0.05) is 37.7 Å². The zero-order chi connectivity index (χ0) is 13.5. The number of aliphatic carboxylic acids is 2. The van der Waals surface area contributed by atoms with Gasteiger partial charge in [0.2, 0.25) is 0 Å². The van der Waals surface area contributed by atoms with Gasteiger partial charge >= 0.3 is 11.9 Å². The molecular formula is C12H13NO5Zn. The van der Waals surface area contributed by atoms with E-state index in [9.17, 15) is 14.7 Å². The molecule has 1 aromatic rings. The molecule has 19 heavy (non-hydrogen) atoms. The molecule has 0 saturated heterocycles. The first-order chi connectivity index (χ1) is 8.50. The molecule has 0 amide bonds. The summed E-state index contributed by atoms with van der Waals surface area (Å²) in [5.41, 5.74) is 0.388. The van der Waals surface area contributed by atoms with Gasteiger partial charge in [-0.2, -0.15) is 0 Å². The van der Waals surface area contributed by atoms with E-state index in [0.29, 0.717) is 5.56 Å². The number of aromatic hydroxyl groups is 1. The standard InChI is InChI=1S/C12H13NO5.Zn/c14-10-4-2-1-3-8(10)7-13-9(12(17)18)5-6-11(15)16;/h1-4,7,9,14H,5-6H2,(H,15,16)(H,17,18);/t9-;/m1./s1. The quantitative estimate of drug-likeness (QED) is 0.538. The normalized spacial score (nSPS) is 11.8. The minimum Gasteiger partial charge on any atom is -0.507 e. The second-order valence-electron chi connectivity index (χ2n) is 3.62. The van der Waals surface area contributed by atoms with Crippen LogP contribution in [0.4, 0.5) is 0 Å². The topological polar surface area (TPSA) is 107 Å². The van der Waals surface area contributed by atoms with E-state index in [1.54, 1.807) is 18.2 Å². The van der Waals surface area contributed by atoms with Crippen LogP contribution >= 0.6 is 0 Å². The van der Waals surface area contributed by atoms with Crippen molar-refractivity contribution >= 4 is 18.2 Å². The van der Waals surface area contributed by atoms with E-state index in [-0.39, 0.29) is 38.1 Å². The Labute approximate surface area is 122 Å². The molecule has 0 spiro atoms. The zero-order valence-electron chi connectivity index (χ0n) is 10.2.